The maximum absolute atomic E-state index is 10.9. The standard InChI is InChI=1S/C15H20O3/c1-3-4-5-8-12-9-6-7-10-13(12)14(16)11(2)15(17)18/h6-7,9-10,16H,3-5,8H2,1-2H3,(H,17,18)/b14-11-. The first kappa shape index (κ1) is 14.3. The van der Waals surface area contributed by atoms with Gasteiger partial charge in [-0.15, -0.1) is 0 Å². The van der Waals surface area contributed by atoms with Crippen LogP contribution in [0.15, 0.2) is 29.8 Å². The van der Waals surface area contributed by atoms with Gasteiger partial charge in [-0.2, -0.15) is 0 Å². The fourth-order valence-electron chi connectivity index (χ4n) is 1.84. The topological polar surface area (TPSA) is 57.5 Å². The second kappa shape index (κ2) is 6.84. The summed E-state index contributed by atoms with van der Waals surface area (Å²) in [5.74, 6) is -1.22. The number of aliphatic carboxylic acids is 1. The average molecular weight is 248 g/mol. The molecule has 2 N–H and O–H groups in total. The summed E-state index contributed by atoms with van der Waals surface area (Å²) >= 11 is 0. The molecule has 0 unspecified atom stereocenters. The second-order valence-corrected chi connectivity index (χ2v) is 4.39. The number of rotatable bonds is 6. The van der Waals surface area contributed by atoms with Crippen molar-refractivity contribution in [2.75, 3.05) is 0 Å². The number of aliphatic hydroxyl groups is 1. The van der Waals surface area contributed by atoms with E-state index in [2.05, 4.69) is 6.92 Å². The van der Waals surface area contributed by atoms with E-state index in [-0.39, 0.29) is 11.3 Å². The Balaban J connectivity index is 3.01. The number of carboxylic acid groups (broad SMARTS) is 1. The normalized spacial score (nSPS) is 12.1. The van der Waals surface area contributed by atoms with Crippen LogP contribution in [0.25, 0.3) is 5.76 Å². The number of carboxylic acids is 1. The predicted molar refractivity (Wildman–Crippen MR) is 72.5 cm³/mol. The molecule has 0 saturated carbocycles. The number of hydrogen-bond acceptors (Lipinski definition) is 2. The summed E-state index contributed by atoms with van der Waals surface area (Å²) in [5, 5.41) is 18.9. The molecule has 18 heavy (non-hydrogen) atoms. The van der Waals surface area contributed by atoms with Crippen LogP contribution in [0.2, 0.25) is 0 Å². The Morgan fingerprint density at radius 1 is 1.17 bits per heavy atom. The van der Waals surface area contributed by atoms with Gasteiger partial charge in [0.05, 0.1) is 5.57 Å². The summed E-state index contributed by atoms with van der Waals surface area (Å²) < 4.78 is 0. The minimum absolute atomic E-state index is 0.0158. The van der Waals surface area contributed by atoms with E-state index in [1.807, 2.05) is 18.2 Å². The van der Waals surface area contributed by atoms with Crippen molar-refractivity contribution in [3.05, 3.63) is 41.0 Å². The number of benzene rings is 1. The molecule has 0 aromatic heterocycles. The van der Waals surface area contributed by atoms with E-state index >= 15 is 0 Å². The molecule has 0 heterocycles. The van der Waals surface area contributed by atoms with E-state index in [0.717, 1.165) is 31.2 Å². The van der Waals surface area contributed by atoms with Crippen LogP contribution in [-0.4, -0.2) is 16.2 Å². The van der Waals surface area contributed by atoms with Gasteiger partial charge < -0.3 is 10.2 Å². The molecule has 0 fully saturated rings. The molecule has 0 saturated heterocycles. The van der Waals surface area contributed by atoms with Gasteiger partial charge in [0.25, 0.3) is 0 Å². The third-order valence-corrected chi connectivity index (χ3v) is 3.00. The van der Waals surface area contributed by atoms with Crippen LogP contribution >= 0.6 is 0 Å². The Morgan fingerprint density at radius 2 is 1.83 bits per heavy atom. The van der Waals surface area contributed by atoms with Crippen molar-refractivity contribution < 1.29 is 15.0 Å². The SMILES string of the molecule is CCCCCc1ccccc1/C(O)=C(\C)C(=O)O. The number of aliphatic hydroxyl groups excluding tert-OH is 1. The van der Waals surface area contributed by atoms with Gasteiger partial charge in [0.2, 0.25) is 0 Å². The summed E-state index contributed by atoms with van der Waals surface area (Å²) in [4.78, 5) is 10.9. The Bertz CT molecular complexity index is 447. The van der Waals surface area contributed by atoms with Gasteiger partial charge in [0, 0.05) is 5.56 Å². The van der Waals surface area contributed by atoms with Crippen molar-refractivity contribution in [1.29, 1.82) is 0 Å². The number of carbonyl (C=O) groups is 1. The van der Waals surface area contributed by atoms with Crippen molar-refractivity contribution in [2.24, 2.45) is 0 Å². The molecule has 0 aliphatic carbocycles. The largest absolute Gasteiger partial charge is 0.507 e. The zero-order chi connectivity index (χ0) is 13.5. The van der Waals surface area contributed by atoms with Crippen molar-refractivity contribution in [2.45, 2.75) is 39.5 Å². The highest BCUT2D eigenvalue weighted by Crippen LogP contribution is 2.22. The maximum Gasteiger partial charge on any atom is 0.335 e. The van der Waals surface area contributed by atoms with Crippen LogP contribution in [-0.2, 0) is 11.2 Å². The van der Waals surface area contributed by atoms with E-state index in [1.165, 1.54) is 6.92 Å². The lowest BCUT2D eigenvalue weighted by atomic mass is 9.98. The first-order valence-corrected chi connectivity index (χ1v) is 6.29. The van der Waals surface area contributed by atoms with Gasteiger partial charge in [-0.3, -0.25) is 0 Å². The lowest BCUT2D eigenvalue weighted by Crippen LogP contribution is -2.02. The van der Waals surface area contributed by atoms with Crippen LogP contribution in [0, 0.1) is 0 Å². The molecule has 0 spiro atoms. The van der Waals surface area contributed by atoms with Gasteiger partial charge in [-0.05, 0) is 25.3 Å². The van der Waals surface area contributed by atoms with Gasteiger partial charge >= 0.3 is 5.97 Å². The predicted octanol–water partition coefficient (Wildman–Crippen LogP) is 3.79. The number of unbranched alkanes of at least 4 members (excludes halogenated alkanes) is 2. The van der Waals surface area contributed by atoms with Gasteiger partial charge in [-0.25, -0.2) is 4.79 Å². The summed E-state index contributed by atoms with van der Waals surface area (Å²) in [6.45, 7) is 3.55. The van der Waals surface area contributed by atoms with Crippen molar-refractivity contribution in [3.63, 3.8) is 0 Å². The molecule has 0 aliphatic heterocycles. The Labute approximate surface area is 108 Å². The first-order chi connectivity index (χ1) is 8.57. The number of hydrogen-bond donors (Lipinski definition) is 2. The van der Waals surface area contributed by atoms with E-state index in [0.29, 0.717) is 5.56 Å². The van der Waals surface area contributed by atoms with Crippen molar-refractivity contribution in [3.8, 4) is 0 Å². The smallest absolute Gasteiger partial charge is 0.335 e. The molecule has 1 aromatic rings. The fourth-order valence-corrected chi connectivity index (χ4v) is 1.84. The Hall–Kier alpha value is -1.77. The average Bonchev–Trinajstić information content (AvgIpc) is 2.38. The minimum atomic E-state index is -1.09. The fraction of sp³-hybridized carbons (Fsp3) is 0.400. The monoisotopic (exact) mass is 248 g/mol. The second-order valence-electron chi connectivity index (χ2n) is 4.39. The number of aryl methyl sites for hydroxylation is 1. The van der Waals surface area contributed by atoms with E-state index in [1.54, 1.807) is 6.07 Å². The van der Waals surface area contributed by atoms with Crippen LogP contribution in [0.1, 0.15) is 44.2 Å². The van der Waals surface area contributed by atoms with Gasteiger partial charge in [-0.1, -0.05) is 44.0 Å². The highest BCUT2D eigenvalue weighted by molar-refractivity contribution is 5.94. The van der Waals surface area contributed by atoms with Crippen LogP contribution in [0.5, 0.6) is 0 Å². The van der Waals surface area contributed by atoms with Crippen molar-refractivity contribution >= 4 is 11.7 Å². The molecule has 0 bridgehead atoms. The molecule has 0 aliphatic rings. The zero-order valence-corrected chi connectivity index (χ0v) is 10.9. The molecule has 1 rings (SSSR count). The van der Waals surface area contributed by atoms with E-state index in [4.69, 9.17) is 5.11 Å². The summed E-state index contributed by atoms with van der Waals surface area (Å²) in [5.41, 5.74) is 1.62. The Kier molecular flexibility index (Phi) is 5.43. The lowest BCUT2D eigenvalue weighted by molar-refractivity contribution is -0.132. The van der Waals surface area contributed by atoms with Crippen molar-refractivity contribution in [1.82, 2.24) is 0 Å². The van der Waals surface area contributed by atoms with E-state index in [9.17, 15) is 9.90 Å². The molecular formula is C15H20O3. The molecule has 3 heteroatoms. The quantitative estimate of drug-likeness (QED) is 0.457. The van der Waals surface area contributed by atoms with Crippen LogP contribution in [0.4, 0.5) is 0 Å². The molecule has 0 amide bonds. The lowest BCUT2D eigenvalue weighted by Gasteiger charge is -2.10. The molecular weight excluding hydrogens is 228 g/mol. The highest BCUT2D eigenvalue weighted by Gasteiger charge is 2.13. The van der Waals surface area contributed by atoms with Crippen LogP contribution < -0.4 is 0 Å². The Morgan fingerprint density at radius 3 is 2.44 bits per heavy atom. The summed E-state index contributed by atoms with van der Waals surface area (Å²) in [6.07, 6.45) is 4.18. The third-order valence-electron chi connectivity index (χ3n) is 3.00. The summed E-state index contributed by atoms with van der Waals surface area (Å²) in [6, 6.07) is 7.43. The zero-order valence-electron chi connectivity index (χ0n) is 10.9. The van der Waals surface area contributed by atoms with Gasteiger partial charge in [0.15, 0.2) is 0 Å². The third kappa shape index (κ3) is 3.62. The van der Waals surface area contributed by atoms with E-state index < -0.39 is 5.97 Å². The first-order valence-electron chi connectivity index (χ1n) is 6.29. The maximum atomic E-state index is 10.9. The highest BCUT2D eigenvalue weighted by atomic mass is 16.4. The van der Waals surface area contributed by atoms with Crippen LogP contribution in [0.3, 0.4) is 0 Å². The molecule has 0 atom stereocenters. The minimum Gasteiger partial charge on any atom is -0.507 e. The summed E-state index contributed by atoms with van der Waals surface area (Å²) in [7, 11) is 0. The molecule has 1 aromatic carbocycles. The molecule has 98 valence electrons. The molecule has 0 radical (unpaired) electrons. The van der Waals surface area contributed by atoms with Gasteiger partial charge in [0.1, 0.15) is 5.76 Å². The molecule has 3 nitrogen and oxygen atoms in total.